The van der Waals surface area contributed by atoms with Gasteiger partial charge in [0, 0.05) is 19.2 Å². The highest BCUT2D eigenvalue weighted by Gasteiger charge is 2.47. The molecule has 3 nitrogen and oxygen atoms in total. The minimum Gasteiger partial charge on any atom is -0.465 e. The van der Waals surface area contributed by atoms with E-state index in [9.17, 15) is 0 Å². The number of hydrogen-bond acceptors (Lipinski definition) is 3. The van der Waals surface area contributed by atoms with Gasteiger partial charge in [-0.2, -0.15) is 0 Å². The molecule has 3 heteroatoms. The molecule has 2 heterocycles. The summed E-state index contributed by atoms with van der Waals surface area (Å²) in [5.74, 6) is 3.46. The second kappa shape index (κ2) is 5.29. The minimum atomic E-state index is 0.457. The first-order chi connectivity index (χ1) is 9.13. The summed E-state index contributed by atoms with van der Waals surface area (Å²) in [6, 6.07) is 4.76. The molecule has 1 aromatic rings. The summed E-state index contributed by atoms with van der Waals surface area (Å²) in [6.45, 7) is 9.46. The van der Waals surface area contributed by atoms with Crippen LogP contribution in [-0.2, 0) is 11.3 Å². The third kappa shape index (κ3) is 2.72. The number of nitrogens with zero attached hydrogens (tertiary/aromatic N) is 1. The maximum atomic E-state index is 6.15. The van der Waals surface area contributed by atoms with Crippen molar-refractivity contribution < 1.29 is 9.15 Å². The highest BCUT2D eigenvalue weighted by molar-refractivity contribution is 5.08. The molecular formula is C16H25NO2. The van der Waals surface area contributed by atoms with Crippen molar-refractivity contribution in [3.05, 3.63) is 23.7 Å². The summed E-state index contributed by atoms with van der Waals surface area (Å²) < 4.78 is 11.9. The summed E-state index contributed by atoms with van der Waals surface area (Å²) in [6.07, 6.45) is 3.08. The van der Waals surface area contributed by atoms with Crippen LogP contribution in [0.4, 0.5) is 0 Å². The van der Waals surface area contributed by atoms with Crippen molar-refractivity contribution in [3.63, 3.8) is 0 Å². The van der Waals surface area contributed by atoms with E-state index >= 15 is 0 Å². The van der Waals surface area contributed by atoms with E-state index in [1.807, 2.05) is 6.92 Å². The first-order valence-electron chi connectivity index (χ1n) is 7.54. The molecule has 3 atom stereocenters. The van der Waals surface area contributed by atoms with Crippen LogP contribution in [0.25, 0.3) is 0 Å². The quantitative estimate of drug-likeness (QED) is 0.815. The number of likely N-dealkylation sites (tertiary alicyclic amines) is 1. The molecule has 0 amide bonds. The van der Waals surface area contributed by atoms with Crippen LogP contribution in [0, 0.1) is 18.8 Å². The molecule has 0 aromatic carbocycles. The van der Waals surface area contributed by atoms with Gasteiger partial charge in [0.1, 0.15) is 11.5 Å². The van der Waals surface area contributed by atoms with Gasteiger partial charge in [-0.1, -0.05) is 13.8 Å². The van der Waals surface area contributed by atoms with Gasteiger partial charge in [0.05, 0.1) is 12.6 Å². The van der Waals surface area contributed by atoms with Crippen LogP contribution in [0.15, 0.2) is 16.5 Å². The molecule has 2 aliphatic rings. The average molecular weight is 263 g/mol. The van der Waals surface area contributed by atoms with Crippen LogP contribution < -0.4 is 0 Å². The van der Waals surface area contributed by atoms with Crippen molar-refractivity contribution in [2.24, 2.45) is 11.8 Å². The third-order valence-corrected chi connectivity index (χ3v) is 4.39. The van der Waals surface area contributed by atoms with E-state index in [-0.39, 0.29) is 0 Å². The lowest BCUT2D eigenvalue weighted by Crippen LogP contribution is -2.35. The fourth-order valence-corrected chi connectivity index (χ4v) is 3.55. The van der Waals surface area contributed by atoms with Crippen LogP contribution in [0.5, 0.6) is 0 Å². The third-order valence-electron chi connectivity index (χ3n) is 4.39. The Balaban J connectivity index is 1.60. The average Bonchev–Trinajstić information content (AvgIpc) is 3.01. The number of piperidine rings is 1. The van der Waals surface area contributed by atoms with E-state index in [1.165, 1.54) is 19.4 Å². The van der Waals surface area contributed by atoms with Crippen LogP contribution in [0.2, 0.25) is 0 Å². The summed E-state index contributed by atoms with van der Waals surface area (Å²) in [7, 11) is 0. The van der Waals surface area contributed by atoms with Crippen molar-refractivity contribution in [2.75, 3.05) is 13.2 Å². The number of ether oxygens (including phenoxy) is 1. The number of hydrogen-bond donors (Lipinski definition) is 0. The van der Waals surface area contributed by atoms with Crippen molar-refractivity contribution in [3.8, 4) is 0 Å². The molecule has 1 saturated carbocycles. The topological polar surface area (TPSA) is 25.6 Å². The maximum Gasteiger partial charge on any atom is 0.118 e. The summed E-state index contributed by atoms with van der Waals surface area (Å²) in [5.41, 5.74) is 0. The molecule has 0 unspecified atom stereocenters. The normalized spacial score (nSPS) is 30.6. The first-order valence-corrected chi connectivity index (χ1v) is 7.54. The summed E-state index contributed by atoms with van der Waals surface area (Å²) in [5, 5.41) is 0. The molecule has 1 aliphatic carbocycles. The second-order valence-electron chi connectivity index (χ2n) is 6.54. The van der Waals surface area contributed by atoms with E-state index in [2.05, 4.69) is 30.9 Å². The van der Waals surface area contributed by atoms with Crippen molar-refractivity contribution in [1.82, 2.24) is 4.90 Å². The maximum absolute atomic E-state index is 6.15. The van der Waals surface area contributed by atoms with Gasteiger partial charge in [0.2, 0.25) is 0 Å². The lowest BCUT2D eigenvalue weighted by Gasteiger charge is -2.26. The molecule has 0 spiro atoms. The molecule has 3 rings (SSSR count). The molecule has 0 N–H and O–H groups in total. The Hall–Kier alpha value is -0.800. The highest BCUT2D eigenvalue weighted by atomic mass is 16.5. The Labute approximate surface area is 115 Å². The van der Waals surface area contributed by atoms with Gasteiger partial charge in [0.25, 0.3) is 0 Å². The standard InChI is InChI=1S/C16H25NO2/c1-11(2)10-18-16-13-5-7-15(16)17(8-13)9-14-6-4-12(3)19-14/h4,6,11,13,15-16H,5,7-10H2,1-3H3/t13-,15+,16-/m1/s1. The lowest BCUT2D eigenvalue weighted by molar-refractivity contribution is 0.0118. The van der Waals surface area contributed by atoms with Gasteiger partial charge >= 0.3 is 0 Å². The first kappa shape index (κ1) is 13.2. The fourth-order valence-electron chi connectivity index (χ4n) is 3.55. The van der Waals surface area contributed by atoms with E-state index in [1.54, 1.807) is 0 Å². The zero-order valence-electron chi connectivity index (χ0n) is 12.3. The predicted molar refractivity (Wildman–Crippen MR) is 74.9 cm³/mol. The lowest BCUT2D eigenvalue weighted by atomic mass is 10.1. The minimum absolute atomic E-state index is 0.457. The van der Waals surface area contributed by atoms with Crippen molar-refractivity contribution in [2.45, 2.75) is 52.3 Å². The molecule has 2 fully saturated rings. The van der Waals surface area contributed by atoms with Crippen LogP contribution in [0.1, 0.15) is 38.2 Å². The predicted octanol–water partition coefficient (Wildman–Crippen LogP) is 3.22. The molecular weight excluding hydrogens is 238 g/mol. The number of rotatable bonds is 5. The molecule has 2 bridgehead atoms. The van der Waals surface area contributed by atoms with Crippen LogP contribution in [0.3, 0.4) is 0 Å². The second-order valence-corrected chi connectivity index (χ2v) is 6.54. The molecule has 0 radical (unpaired) electrons. The van der Waals surface area contributed by atoms with Gasteiger partial charge in [-0.3, -0.25) is 4.90 Å². The van der Waals surface area contributed by atoms with E-state index in [4.69, 9.17) is 9.15 Å². The molecule has 106 valence electrons. The fraction of sp³-hybridized carbons (Fsp3) is 0.750. The Kier molecular flexibility index (Phi) is 3.68. The molecule has 1 saturated heterocycles. The van der Waals surface area contributed by atoms with Gasteiger partial charge in [-0.25, -0.2) is 0 Å². The Morgan fingerprint density at radius 2 is 2.21 bits per heavy atom. The zero-order valence-corrected chi connectivity index (χ0v) is 12.3. The van der Waals surface area contributed by atoms with E-state index in [0.717, 1.165) is 30.6 Å². The molecule has 19 heavy (non-hydrogen) atoms. The number of fused-ring (bicyclic) bond motifs is 2. The summed E-state index contributed by atoms with van der Waals surface area (Å²) >= 11 is 0. The van der Waals surface area contributed by atoms with Gasteiger partial charge in [-0.15, -0.1) is 0 Å². The molecule has 1 aliphatic heterocycles. The van der Waals surface area contributed by atoms with Gasteiger partial charge in [0.15, 0.2) is 0 Å². The zero-order chi connectivity index (χ0) is 13.4. The number of aryl methyl sites for hydroxylation is 1. The van der Waals surface area contributed by atoms with Crippen LogP contribution in [-0.4, -0.2) is 30.2 Å². The summed E-state index contributed by atoms with van der Waals surface area (Å²) in [4.78, 5) is 2.55. The van der Waals surface area contributed by atoms with E-state index in [0.29, 0.717) is 18.1 Å². The SMILES string of the molecule is Cc1ccc(CN2C[C@H]3CC[C@H]2[C@@H]3OCC(C)C)o1. The van der Waals surface area contributed by atoms with Gasteiger partial charge in [-0.05, 0) is 43.7 Å². The Morgan fingerprint density at radius 3 is 2.89 bits per heavy atom. The van der Waals surface area contributed by atoms with Crippen molar-refractivity contribution in [1.29, 1.82) is 0 Å². The van der Waals surface area contributed by atoms with E-state index < -0.39 is 0 Å². The van der Waals surface area contributed by atoms with Crippen molar-refractivity contribution >= 4 is 0 Å². The Morgan fingerprint density at radius 1 is 1.37 bits per heavy atom. The Bertz CT molecular complexity index is 426. The monoisotopic (exact) mass is 263 g/mol. The van der Waals surface area contributed by atoms with Gasteiger partial charge < -0.3 is 9.15 Å². The smallest absolute Gasteiger partial charge is 0.118 e. The molecule has 1 aromatic heterocycles. The highest BCUT2D eigenvalue weighted by Crippen LogP contribution is 2.40. The number of furan rings is 1. The largest absolute Gasteiger partial charge is 0.465 e. The van der Waals surface area contributed by atoms with Crippen LogP contribution >= 0.6 is 0 Å².